The van der Waals surface area contributed by atoms with Gasteiger partial charge in [-0.1, -0.05) is 0 Å². The summed E-state index contributed by atoms with van der Waals surface area (Å²) in [5.74, 6) is 0.0997. The van der Waals surface area contributed by atoms with Crippen LogP contribution in [0.2, 0.25) is 0 Å². The summed E-state index contributed by atoms with van der Waals surface area (Å²) in [5.41, 5.74) is 4.97. The maximum Gasteiger partial charge on any atom is 0.239 e. The molecule has 54 valence electrons. The van der Waals surface area contributed by atoms with Crippen LogP contribution in [-0.4, -0.2) is 22.8 Å². The molecule has 1 unspecified atom stereocenters. The standard InChI is InChI=1S/C5H10ClNOS/c1-5(6,3-9-2)4(7)8/h3H2,1-2H3,(H2,7,8). The van der Waals surface area contributed by atoms with E-state index in [9.17, 15) is 4.79 Å². The third kappa shape index (κ3) is 2.96. The number of nitrogens with two attached hydrogens (primary N) is 1. The first-order valence-corrected chi connectivity index (χ1v) is 4.25. The summed E-state index contributed by atoms with van der Waals surface area (Å²) in [7, 11) is 0. The summed E-state index contributed by atoms with van der Waals surface area (Å²) >= 11 is 7.18. The molecular weight excluding hydrogens is 158 g/mol. The molecule has 0 bridgehead atoms. The summed E-state index contributed by atoms with van der Waals surface area (Å²) in [5, 5.41) is 0. The topological polar surface area (TPSA) is 43.1 Å². The summed E-state index contributed by atoms with van der Waals surface area (Å²) in [4.78, 5) is 9.61. The number of rotatable bonds is 3. The van der Waals surface area contributed by atoms with Crippen molar-refractivity contribution in [3.8, 4) is 0 Å². The Morgan fingerprint density at radius 3 is 2.44 bits per heavy atom. The first kappa shape index (κ1) is 9.11. The number of alkyl halides is 1. The van der Waals surface area contributed by atoms with Crippen molar-refractivity contribution in [1.82, 2.24) is 0 Å². The van der Waals surface area contributed by atoms with Crippen LogP contribution in [0.15, 0.2) is 0 Å². The molecule has 0 radical (unpaired) electrons. The molecule has 0 saturated heterocycles. The third-order valence-electron chi connectivity index (χ3n) is 0.929. The van der Waals surface area contributed by atoms with Crippen LogP contribution in [0.1, 0.15) is 6.92 Å². The van der Waals surface area contributed by atoms with Crippen molar-refractivity contribution in [2.75, 3.05) is 12.0 Å². The fourth-order valence-electron chi connectivity index (χ4n) is 0.342. The van der Waals surface area contributed by atoms with E-state index in [-0.39, 0.29) is 0 Å². The average Bonchev–Trinajstić information content (AvgIpc) is 1.65. The SMILES string of the molecule is CSCC(C)(Cl)C(N)=O. The highest BCUT2D eigenvalue weighted by atomic mass is 35.5. The van der Waals surface area contributed by atoms with Crippen LogP contribution in [0, 0.1) is 0 Å². The molecule has 0 aliphatic rings. The lowest BCUT2D eigenvalue weighted by Crippen LogP contribution is -2.37. The second-order valence-corrected chi connectivity index (χ2v) is 3.69. The zero-order valence-electron chi connectivity index (χ0n) is 5.48. The number of hydrogen-bond acceptors (Lipinski definition) is 2. The molecule has 0 fully saturated rings. The van der Waals surface area contributed by atoms with Gasteiger partial charge < -0.3 is 5.73 Å². The van der Waals surface area contributed by atoms with Crippen molar-refractivity contribution in [3.63, 3.8) is 0 Å². The summed E-state index contributed by atoms with van der Waals surface area (Å²) in [6.07, 6.45) is 1.88. The molecule has 0 aromatic heterocycles. The van der Waals surface area contributed by atoms with E-state index in [4.69, 9.17) is 17.3 Å². The van der Waals surface area contributed by atoms with Gasteiger partial charge in [-0.25, -0.2) is 0 Å². The van der Waals surface area contributed by atoms with Crippen molar-refractivity contribution < 1.29 is 4.79 Å². The Labute approximate surface area is 64.1 Å². The van der Waals surface area contributed by atoms with Crippen LogP contribution in [0.5, 0.6) is 0 Å². The molecule has 0 aliphatic heterocycles. The molecule has 0 rings (SSSR count). The zero-order chi connectivity index (χ0) is 7.49. The number of thioether (sulfide) groups is 1. The molecule has 0 aliphatic carbocycles. The van der Waals surface area contributed by atoms with Gasteiger partial charge in [0.2, 0.25) is 5.91 Å². The highest BCUT2D eigenvalue weighted by molar-refractivity contribution is 7.98. The van der Waals surface area contributed by atoms with Crippen molar-refractivity contribution in [2.45, 2.75) is 11.8 Å². The summed E-state index contributed by atoms with van der Waals surface area (Å²) in [6, 6.07) is 0. The number of primary amides is 1. The fraction of sp³-hybridized carbons (Fsp3) is 0.800. The molecule has 0 heterocycles. The van der Waals surface area contributed by atoms with Crippen LogP contribution in [0.4, 0.5) is 0 Å². The highest BCUT2D eigenvalue weighted by Crippen LogP contribution is 2.17. The normalized spacial score (nSPS) is 16.8. The minimum atomic E-state index is -0.876. The van der Waals surface area contributed by atoms with Crippen LogP contribution in [0.3, 0.4) is 0 Å². The molecule has 9 heavy (non-hydrogen) atoms. The molecule has 0 aromatic rings. The third-order valence-corrected chi connectivity index (χ3v) is 2.27. The quantitative estimate of drug-likeness (QED) is 0.633. The van der Waals surface area contributed by atoms with Gasteiger partial charge in [-0.3, -0.25) is 4.79 Å². The predicted octanol–water partition coefficient (Wildman–Crippen LogP) is 0.832. The Balaban J connectivity index is 3.85. The Morgan fingerprint density at radius 2 is 2.33 bits per heavy atom. The number of hydrogen-bond donors (Lipinski definition) is 1. The molecule has 2 N–H and O–H groups in total. The first-order valence-electron chi connectivity index (χ1n) is 2.48. The Hall–Kier alpha value is 0.110. The van der Waals surface area contributed by atoms with Gasteiger partial charge in [-0.2, -0.15) is 11.8 Å². The highest BCUT2D eigenvalue weighted by Gasteiger charge is 2.26. The van der Waals surface area contributed by atoms with Crippen molar-refractivity contribution >= 4 is 29.3 Å². The number of halogens is 1. The van der Waals surface area contributed by atoms with E-state index in [1.165, 1.54) is 11.8 Å². The minimum absolute atomic E-state index is 0.460. The number of carbonyl (C=O) groups is 1. The Kier molecular flexibility index (Phi) is 3.36. The lowest BCUT2D eigenvalue weighted by Gasteiger charge is -2.14. The van der Waals surface area contributed by atoms with E-state index >= 15 is 0 Å². The van der Waals surface area contributed by atoms with E-state index in [1.54, 1.807) is 6.92 Å². The lowest BCUT2D eigenvalue weighted by molar-refractivity contribution is -0.119. The smallest absolute Gasteiger partial charge is 0.239 e. The molecular formula is C5H10ClNOS. The monoisotopic (exact) mass is 167 g/mol. The van der Waals surface area contributed by atoms with Crippen molar-refractivity contribution in [1.29, 1.82) is 0 Å². The molecule has 0 spiro atoms. The van der Waals surface area contributed by atoms with Gasteiger partial charge in [0, 0.05) is 5.75 Å². The van der Waals surface area contributed by atoms with Gasteiger partial charge >= 0.3 is 0 Å². The maximum atomic E-state index is 10.5. The molecule has 2 nitrogen and oxygen atoms in total. The second kappa shape index (κ2) is 3.32. The molecule has 4 heteroatoms. The number of carbonyl (C=O) groups excluding carboxylic acids is 1. The molecule has 0 aromatic carbocycles. The van der Waals surface area contributed by atoms with E-state index in [0.717, 1.165) is 0 Å². The van der Waals surface area contributed by atoms with Gasteiger partial charge in [0.1, 0.15) is 4.87 Å². The van der Waals surface area contributed by atoms with Crippen molar-refractivity contribution in [2.24, 2.45) is 5.73 Å². The van der Waals surface area contributed by atoms with Gasteiger partial charge in [0.25, 0.3) is 0 Å². The Morgan fingerprint density at radius 1 is 1.89 bits per heavy atom. The largest absolute Gasteiger partial charge is 0.368 e. The van der Waals surface area contributed by atoms with Gasteiger partial charge in [-0.05, 0) is 13.2 Å². The zero-order valence-corrected chi connectivity index (χ0v) is 7.05. The molecule has 0 saturated carbocycles. The summed E-state index contributed by atoms with van der Waals surface area (Å²) < 4.78 is 0. The van der Waals surface area contributed by atoms with Gasteiger partial charge in [-0.15, -0.1) is 11.6 Å². The van der Waals surface area contributed by atoms with Crippen LogP contribution < -0.4 is 5.73 Å². The van der Waals surface area contributed by atoms with E-state index in [2.05, 4.69) is 0 Å². The summed E-state index contributed by atoms with van der Waals surface area (Å²) in [6.45, 7) is 1.62. The lowest BCUT2D eigenvalue weighted by atomic mass is 10.2. The fourth-order valence-corrected chi connectivity index (χ4v) is 1.35. The van der Waals surface area contributed by atoms with E-state index in [1.807, 2.05) is 6.26 Å². The van der Waals surface area contributed by atoms with Crippen molar-refractivity contribution in [3.05, 3.63) is 0 Å². The van der Waals surface area contributed by atoms with E-state index < -0.39 is 10.8 Å². The van der Waals surface area contributed by atoms with Crippen LogP contribution in [-0.2, 0) is 4.79 Å². The Bertz CT molecular complexity index is 116. The van der Waals surface area contributed by atoms with Crippen LogP contribution >= 0.6 is 23.4 Å². The van der Waals surface area contributed by atoms with Crippen LogP contribution in [0.25, 0.3) is 0 Å². The number of amides is 1. The van der Waals surface area contributed by atoms with Gasteiger partial charge in [0.15, 0.2) is 0 Å². The predicted molar refractivity (Wildman–Crippen MR) is 41.8 cm³/mol. The second-order valence-electron chi connectivity index (χ2n) is 1.99. The minimum Gasteiger partial charge on any atom is -0.368 e. The molecule has 1 amide bonds. The maximum absolute atomic E-state index is 10.5. The first-order chi connectivity index (χ1) is 4.00. The average molecular weight is 168 g/mol. The van der Waals surface area contributed by atoms with E-state index in [0.29, 0.717) is 5.75 Å². The van der Waals surface area contributed by atoms with Gasteiger partial charge in [0.05, 0.1) is 0 Å². The molecule has 1 atom stereocenters.